The maximum absolute atomic E-state index is 13.0. The molecule has 2 aliphatic rings. The van der Waals surface area contributed by atoms with Gasteiger partial charge in [-0.25, -0.2) is 8.42 Å². The number of fused-ring (bicyclic) bond motifs is 1. The SMILES string of the molecule is O=C(NC1CCc2ccccc2C1)c1ccc(Cl)c(S(=O)(=O)N2CCCCC2)c1. The molecule has 2 aromatic rings. The molecule has 29 heavy (non-hydrogen) atoms. The molecule has 5 nitrogen and oxygen atoms in total. The zero-order valence-corrected chi connectivity index (χ0v) is 17.8. The number of aryl methyl sites for hydroxylation is 1. The van der Waals surface area contributed by atoms with Gasteiger partial charge in [0.05, 0.1) is 5.02 Å². The van der Waals surface area contributed by atoms with Crippen LogP contribution in [0.15, 0.2) is 47.4 Å². The first-order chi connectivity index (χ1) is 13.9. The Bertz CT molecular complexity index is 1020. The van der Waals surface area contributed by atoms with Crippen LogP contribution in [-0.2, 0) is 22.9 Å². The third-order valence-corrected chi connectivity index (χ3v) is 8.19. The van der Waals surface area contributed by atoms with Crippen LogP contribution in [0.5, 0.6) is 0 Å². The molecule has 1 amide bonds. The Labute approximate surface area is 177 Å². The fraction of sp³-hybridized carbons (Fsp3) is 0.409. The Hall–Kier alpha value is -1.89. The number of carbonyl (C=O) groups excluding carboxylic acids is 1. The molecule has 0 radical (unpaired) electrons. The van der Waals surface area contributed by atoms with Gasteiger partial charge >= 0.3 is 0 Å². The molecule has 1 aliphatic heterocycles. The molecule has 4 rings (SSSR count). The quantitative estimate of drug-likeness (QED) is 0.799. The summed E-state index contributed by atoms with van der Waals surface area (Å²) in [6.07, 6.45) is 5.31. The number of sulfonamides is 1. The average molecular weight is 433 g/mol. The van der Waals surface area contributed by atoms with Crippen molar-refractivity contribution in [1.82, 2.24) is 9.62 Å². The summed E-state index contributed by atoms with van der Waals surface area (Å²) in [4.78, 5) is 12.8. The highest BCUT2D eigenvalue weighted by molar-refractivity contribution is 7.89. The number of carbonyl (C=O) groups is 1. The molecule has 1 atom stereocenters. The number of nitrogens with one attached hydrogen (secondary N) is 1. The second-order valence-electron chi connectivity index (χ2n) is 7.79. The summed E-state index contributed by atoms with van der Waals surface area (Å²) in [5.41, 5.74) is 2.91. The molecule has 1 unspecified atom stereocenters. The van der Waals surface area contributed by atoms with E-state index in [1.165, 1.54) is 27.6 Å². The minimum Gasteiger partial charge on any atom is -0.349 e. The Morgan fingerprint density at radius 1 is 1.03 bits per heavy atom. The van der Waals surface area contributed by atoms with Gasteiger partial charge in [-0.3, -0.25) is 4.79 Å². The average Bonchev–Trinajstić information content (AvgIpc) is 2.74. The first kappa shape index (κ1) is 20.4. The Morgan fingerprint density at radius 2 is 1.76 bits per heavy atom. The Balaban J connectivity index is 1.52. The monoisotopic (exact) mass is 432 g/mol. The molecular formula is C22H25ClN2O3S. The van der Waals surface area contributed by atoms with Gasteiger partial charge in [-0.05, 0) is 61.4 Å². The van der Waals surface area contributed by atoms with Crippen LogP contribution < -0.4 is 5.32 Å². The van der Waals surface area contributed by atoms with Gasteiger partial charge < -0.3 is 5.32 Å². The van der Waals surface area contributed by atoms with Gasteiger partial charge in [-0.2, -0.15) is 4.31 Å². The van der Waals surface area contributed by atoms with Crippen molar-refractivity contribution >= 4 is 27.5 Å². The predicted molar refractivity (Wildman–Crippen MR) is 114 cm³/mol. The second-order valence-corrected chi connectivity index (χ2v) is 10.1. The highest BCUT2D eigenvalue weighted by Crippen LogP contribution is 2.28. The number of hydrogen-bond donors (Lipinski definition) is 1. The van der Waals surface area contributed by atoms with Crippen LogP contribution in [-0.4, -0.2) is 37.8 Å². The van der Waals surface area contributed by atoms with Crippen molar-refractivity contribution in [3.8, 4) is 0 Å². The molecular weight excluding hydrogens is 408 g/mol. The fourth-order valence-corrected chi connectivity index (χ4v) is 6.19. The summed E-state index contributed by atoms with van der Waals surface area (Å²) in [6, 6.07) is 12.8. The van der Waals surface area contributed by atoms with E-state index in [4.69, 9.17) is 11.6 Å². The molecule has 1 N–H and O–H groups in total. The second kappa shape index (κ2) is 8.46. The highest BCUT2D eigenvalue weighted by Gasteiger charge is 2.29. The molecule has 0 aromatic heterocycles. The number of amides is 1. The largest absolute Gasteiger partial charge is 0.349 e. The van der Waals surface area contributed by atoms with Crippen molar-refractivity contribution in [2.24, 2.45) is 0 Å². The minimum atomic E-state index is -3.70. The molecule has 1 fully saturated rings. The molecule has 7 heteroatoms. The molecule has 154 valence electrons. The third kappa shape index (κ3) is 4.34. The molecule has 1 saturated heterocycles. The number of rotatable bonds is 4. The number of hydrogen-bond acceptors (Lipinski definition) is 3. The van der Waals surface area contributed by atoms with Crippen molar-refractivity contribution in [2.75, 3.05) is 13.1 Å². The van der Waals surface area contributed by atoms with E-state index >= 15 is 0 Å². The van der Waals surface area contributed by atoms with E-state index in [9.17, 15) is 13.2 Å². The summed E-state index contributed by atoms with van der Waals surface area (Å²) in [5, 5.41) is 3.21. The Morgan fingerprint density at radius 3 is 2.52 bits per heavy atom. The van der Waals surface area contributed by atoms with E-state index in [0.29, 0.717) is 18.7 Å². The lowest BCUT2D eigenvalue weighted by Gasteiger charge is -2.27. The third-order valence-electron chi connectivity index (χ3n) is 5.81. The summed E-state index contributed by atoms with van der Waals surface area (Å²) in [7, 11) is -3.70. The van der Waals surface area contributed by atoms with E-state index < -0.39 is 10.0 Å². The van der Waals surface area contributed by atoms with Gasteiger partial charge in [-0.1, -0.05) is 42.3 Å². The standard InChI is InChI=1S/C22H25ClN2O3S/c23-20-11-9-18(15-21(20)29(27,28)25-12-4-1-5-13-25)22(26)24-19-10-8-16-6-2-3-7-17(16)14-19/h2-3,6-7,9,11,15,19H,1,4-5,8,10,12-14H2,(H,24,26). The summed E-state index contributed by atoms with van der Waals surface area (Å²) in [6.45, 7) is 0.993. The molecule has 2 aromatic carbocycles. The summed E-state index contributed by atoms with van der Waals surface area (Å²) >= 11 is 6.22. The van der Waals surface area contributed by atoms with E-state index in [-0.39, 0.29) is 21.9 Å². The molecule has 1 aliphatic carbocycles. The normalized spacial score (nSPS) is 20.1. The van der Waals surface area contributed by atoms with Crippen molar-refractivity contribution < 1.29 is 13.2 Å². The Kier molecular flexibility index (Phi) is 5.95. The van der Waals surface area contributed by atoms with E-state index in [1.807, 2.05) is 12.1 Å². The highest BCUT2D eigenvalue weighted by atomic mass is 35.5. The van der Waals surface area contributed by atoms with E-state index in [0.717, 1.165) is 38.5 Å². The fourth-order valence-electron chi connectivity index (χ4n) is 4.18. The van der Waals surface area contributed by atoms with Crippen LogP contribution in [0.4, 0.5) is 0 Å². The molecule has 1 heterocycles. The van der Waals surface area contributed by atoms with Crippen molar-refractivity contribution in [3.05, 3.63) is 64.2 Å². The van der Waals surface area contributed by atoms with Crippen LogP contribution >= 0.6 is 11.6 Å². The smallest absolute Gasteiger partial charge is 0.251 e. The van der Waals surface area contributed by atoms with Crippen LogP contribution in [0, 0.1) is 0 Å². The minimum absolute atomic E-state index is 0.0164. The lowest BCUT2D eigenvalue weighted by molar-refractivity contribution is 0.0933. The van der Waals surface area contributed by atoms with Crippen LogP contribution in [0.2, 0.25) is 5.02 Å². The number of piperidine rings is 1. The lowest BCUT2D eigenvalue weighted by atomic mass is 9.88. The maximum Gasteiger partial charge on any atom is 0.251 e. The number of benzene rings is 2. The summed E-state index contributed by atoms with van der Waals surface area (Å²) < 4.78 is 27.5. The zero-order valence-electron chi connectivity index (χ0n) is 16.2. The molecule has 0 bridgehead atoms. The lowest BCUT2D eigenvalue weighted by Crippen LogP contribution is -2.39. The number of halogens is 1. The topological polar surface area (TPSA) is 66.5 Å². The van der Waals surface area contributed by atoms with E-state index in [2.05, 4.69) is 17.4 Å². The van der Waals surface area contributed by atoms with Gasteiger partial charge in [0.15, 0.2) is 0 Å². The summed E-state index contributed by atoms with van der Waals surface area (Å²) in [5.74, 6) is -0.263. The van der Waals surface area contributed by atoms with Gasteiger partial charge in [0.2, 0.25) is 10.0 Å². The number of nitrogens with zero attached hydrogens (tertiary/aromatic N) is 1. The zero-order chi connectivity index (χ0) is 20.4. The van der Waals surface area contributed by atoms with Crippen molar-refractivity contribution in [3.63, 3.8) is 0 Å². The van der Waals surface area contributed by atoms with Gasteiger partial charge in [0.1, 0.15) is 4.90 Å². The van der Waals surface area contributed by atoms with Crippen LogP contribution in [0.25, 0.3) is 0 Å². The first-order valence-electron chi connectivity index (χ1n) is 10.1. The molecule has 0 saturated carbocycles. The van der Waals surface area contributed by atoms with E-state index in [1.54, 1.807) is 6.07 Å². The first-order valence-corrected chi connectivity index (χ1v) is 11.9. The maximum atomic E-state index is 13.0. The molecule has 0 spiro atoms. The van der Waals surface area contributed by atoms with Gasteiger partial charge in [0.25, 0.3) is 5.91 Å². The van der Waals surface area contributed by atoms with Crippen LogP contribution in [0.3, 0.4) is 0 Å². The van der Waals surface area contributed by atoms with Gasteiger partial charge in [-0.15, -0.1) is 0 Å². The van der Waals surface area contributed by atoms with Gasteiger partial charge in [0, 0.05) is 24.7 Å². The predicted octanol–water partition coefficient (Wildman–Crippen LogP) is 3.80. The van der Waals surface area contributed by atoms with Crippen molar-refractivity contribution in [2.45, 2.75) is 49.5 Å². The van der Waals surface area contributed by atoms with Crippen molar-refractivity contribution in [1.29, 1.82) is 0 Å². The van der Waals surface area contributed by atoms with Crippen LogP contribution in [0.1, 0.15) is 47.2 Å².